The van der Waals surface area contributed by atoms with Crippen molar-refractivity contribution >= 4 is 0 Å². The molecule has 0 saturated heterocycles. The summed E-state index contributed by atoms with van der Waals surface area (Å²) in [7, 11) is 0. The Bertz CT molecular complexity index is 373. The van der Waals surface area contributed by atoms with E-state index in [9.17, 15) is 0 Å². The lowest BCUT2D eigenvalue weighted by Gasteiger charge is -2.56. The summed E-state index contributed by atoms with van der Waals surface area (Å²) in [4.78, 5) is 0. The third-order valence-electron chi connectivity index (χ3n) is 6.18. The van der Waals surface area contributed by atoms with Crippen LogP contribution in [0.25, 0.3) is 0 Å². The first-order chi connectivity index (χ1) is 8.77. The van der Waals surface area contributed by atoms with Crippen molar-refractivity contribution in [1.82, 2.24) is 0 Å². The molecule has 0 aromatic carbocycles. The molecular formula is C19H32. The highest BCUT2D eigenvalue weighted by atomic mass is 14.6. The largest absolute Gasteiger partial charge is 0.100 e. The van der Waals surface area contributed by atoms with Gasteiger partial charge < -0.3 is 0 Å². The number of fused-ring (bicyclic) bond motifs is 1. The highest BCUT2D eigenvalue weighted by Gasteiger charge is 2.51. The van der Waals surface area contributed by atoms with E-state index in [4.69, 9.17) is 0 Å². The van der Waals surface area contributed by atoms with Crippen molar-refractivity contribution in [3.8, 4) is 0 Å². The summed E-state index contributed by atoms with van der Waals surface area (Å²) in [5.41, 5.74) is 3.80. The molecule has 19 heavy (non-hydrogen) atoms. The Morgan fingerprint density at radius 3 is 2.53 bits per heavy atom. The van der Waals surface area contributed by atoms with Crippen molar-refractivity contribution in [3.05, 3.63) is 24.3 Å². The summed E-state index contributed by atoms with van der Waals surface area (Å²) < 4.78 is 0. The van der Waals surface area contributed by atoms with Crippen LogP contribution in [0.1, 0.15) is 72.6 Å². The van der Waals surface area contributed by atoms with Crippen LogP contribution in [-0.2, 0) is 0 Å². The second-order valence-electron chi connectivity index (χ2n) is 8.11. The molecule has 108 valence electrons. The fraction of sp³-hybridized carbons (Fsp3) is 0.789. The molecule has 0 radical (unpaired) electrons. The van der Waals surface area contributed by atoms with Gasteiger partial charge in [-0.25, -0.2) is 0 Å². The van der Waals surface area contributed by atoms with Gasteiger partial charge in [-0.3, -0.25) is 0 Å². The molecule has 2 aliphatic carbocycles. The van der Waals surface area contributed by atoms with Gasteiger partial charge in [0.25, 0.3) is 0 Å². The quantitative estimate of drug-likeness (QED) is 0.534. The van der Waals surface area contributed by atoms with Crippen LogP contribution in [0.3, 0.4) is 0 Å². The summed E-state index contributed by atoms with van der Waals surface area (Å²) in [6.07, 6.45) is 9.36. The lowest BCUT2D eigenvalue weighted by molar-refractivity contribution is -0.00861. The van der Waals surface area contributed by atoms with E-state index in [0.717, 1.165) is 11.8 Å². The van der Waals surface area contributed by atoms with Gasteiger partial charge in [-0.2, -0.15) is 0 Å². The molecule has 3 atom stereocenters. The maximum absolute atomic E-state index is 4.57. The molecule has 0 N–H and O–H groups in total. The van der Waals surface area contributed by atoms with E-state index in [2.05, 4.69) is 40.9 Å². The zero-order valence-corrected chi connectivity index (χ0v) is 13.5. The number of hydrogen-bond donors (Lipinski definition) is 0. The van der Waals surface area contributed by atoms with Gasteiger partial charge in [0.15, 0.2) is 0 Å². The topological polar surface area (TPSA) is 0 Å². The normalized spacial score (nSPS) is 37.8. The molecule has 0 aromatic heterocycles. The van der Waals surface area contributed by atoms with Gasteiger partial charge in [-0.15, -0.1) is 6.58 Å². The molecule has 2 fully saturated rings. The second kappa shape index (κ2) is 5.11. The molecule has 0 aromatic rings. The molecule has 0 amide bonds. The van der Waals surface area contributed by atoms with Crippen LogP contribution >= 0.6 is 0 Å². The molecule has 0 unspecified atom stereocenters. The van der Waals surface area contributed by atoms with Gasteiger partial charge in [0.1, 0.15) is 0 Å². The third-order valence-corrected chi connectivity index (χ3v) is 6.18. The Hall–Kier alpha value is -0.520. The Morgan fingerprint density at radius 1 is 1.21 bits per heavy atom. The van der Waals surface area contributed by atoms with E-state index in [0.29, 0.717) is 10.8 Å². The van der Waals surface area contributed by atoms with Crippen molar-refractivity contribution in [3.63, 3.8) is 0 Å². The zero-order chi connectivity index (χ0) is 14.3. The van der Waals surface area contributed by atoms with Crippen LogP contribution in [0.5, 0.6) is 0 Å². The molecule has 2 saturated carbocycles. The van der Waals surface area contributed by atoms with E-state index in [1.807, 2.05) is 0 Å². The number of allylic oxidation sites excluding steroid dienone is 2. The second-order valence-corrected chi connectivity index (χ2v) is 8.11. The molecule has 0 bridgehead atoms. The van der Waals surface area contributed by atoms with E-state index in [-0.39, 0.29) is 0 Å². The summed E-state index contributed by atoms with van der Waals surface area (Å²) >= 11 is 0. The minimum absolute atomic E-state index is 0.403. The molecule has 0 nitrogen and oxygen atoms in total. The third kappa shape index (κ3) is 2.69. The molecule has 0 aliphatic heterocycles. The van der Waals surface area contributed by atoms with Crippen molar-refractivity contribution < 1.29 is 0 Å². The first-order valence-corrected chi connectivity index (χ1v) is 8.11. The van der Waals surface area contributed by atoms with Crippen LogP contribution in [0.4, 0.5) is 0 Å². The van der Waals surface area contributed by atoms with Crippen LogP contribution in [0.2, 0.25) is 0 Å². The molecule has 2 aliphatic rings. The molecular weight excluding hydrogens is 228 g/mol. The van der Waals surface area contributed by atoms with Crippen LogP contribution < -0.4 is 0 Å². The minimum atomic E-state index is 0.403. The first-order valence-electron chi connectivity index (χ1n) is 8.11. The summed E-state index contributed by atoms with van der Waals surface area (Å²) in [5.74, 6) is 1.59. The van der Waals surface area contributed by atoms with E-state index in [1.165, 1.54) is 50.5 Å². The lowest BCUT2D eigenvalue weighted by atomic mass is 9.48. The Morgan fingerprint density at radius 2 is 1.89 bits per heavy atom. The van der Waals surface area contributed by atoms with Crippen LogP contribution in [0.15, 0.2) is 24.3 Å². The number of hydrogen-bond acceptors (Lipinski definition) is 0. The average molecular weight is 260 g/mol. The first kappa shape index (κ1) is 14.9. The van der Waals surface area contributed by atoms with E-state index >= 15 is 0 Å². The molecule has 0 spiro atoms. The predicted molar refractivity (Wildman–Crippen MR) is 85.1 cm³/mol. The molecule has 0 heterocycles. The fourth-order valence-corrected chi connectivity index (χ4v) is 4.96. The van der Waals surface area contributed by atoms with Gasteiger partial charge in [0.2, 0.25) is 0 Å². The van der Waals surface area contributed by atoms with Crippen molar-refractivity contribution in [2.75, 3.05) is 0 Å². The summed E-state index contributed by atoms with van der Waals surface area (Å²) in [6, 6.07) is 0. The Labute approximate surface area is 120 Å². The fourth-order valence-electron chi connectivity index (χ4n) is 4.96. The standard InChI is InChI=1S/C19H32/c1-14(2)8-9-16-10-11-17-18(4,5)12-7-13-19(17,6)15(16)3/h16-17H,1,3,7-13H2,2,4-6H3/t16-,17+,19-/m1/s1. The van der Waals surface area contributed by atoms with Crippen molar-refractivity contribution in [2.45, 2.75) is 72.6 Å². The van der Waals surface area contributed by atoms with Gasteiger partial charge in [-0.1, -0.05) is 44.9 Å². The minimum Gasteiger partial charge on any atom is -0.100 e. The highest BCUT2D eigenvalue weighted by Crippen LogP contribution is 2.61. The van der Waals surface area contributed by atoms with Crippen molar-refractivity contribution in [1.29, 1.82) is 0 Å². The maximum Gasteiger partial charge on any atom is -0.00830 e. The zero-order valence-electron chi connectivity index (χ0n) is 13.5. The van der Waals surface area contributed by atoms with Gasteiger partial charge in [0, 0.05) is 0 Å². The SMILES string of the molecule is C=C(C)CC[C@@H]1CC[C@H]2C(C)(C)CCC[C@]2(C)C1=C. The monoisotopic (exact) mass is 260 g/mol. The Balaban J connectivity index is 2.15. The van der Waals surface area contributed by atoms with Gasteiger partial charge >= 0.3 is 0 Å². The summed E-state index contributed by atoms with van der Waals surface area (Å²) in [5, 5.41) is 0. The average Bonchev–Trinajstić information content (AvgIpc) is 2.29. The molecule has 0 heteroatoms. The lowest BCUT2D eigenvalue weighted by Crippen LogP contribution is -2.47. The van der Waals surface area contributed by atoms with E-state index in [1.54, 1.807) is 5.57 Å². The number of rotatable bonds is 3. The maximum atomic E-state index is 4.57. The van der Waals surface area contributed by atoms with Gasteiger partial charge in [0.05, 0.1) is 0 Å². The predicted octanol–water partition coefficient (Wildman–Crippen LogP) is 6.14. The smallest absolute Gasteiger partial charge is 0.00830 e. The Kier molecular flexibility index (Phi) is 4.00. The summed E-state index contributed by atoms with van der Waals surface area (Å²) in [6.45, 7) is 18.2. The highest BCUT2D eigenvalue weighted by molar-refractivity contribution is 5.21. The van der Waals surface area contributed by atoms with Crippen molar-refractivity contribution in [2.24, 2.45) is 22.7 Å². The molecule has 2 rings (SSSR count). The van der Waals surface area contributed by atoms with Crippen LogP contribution in [0, 0.1) is 22.7 Å². The van der Waals surface area contributed by atoms with E-state index < -0.39 is 0 Å². The van der Waals surface area contributed by atoms with Gasteiger partial charge in [-0.05, 0) is 68.1 Å². The van der Waals surface area contributed by atoms with Crippen LogP contribution in [-0.4, -0.2) is 0 Å².